The molecule has 0 bridgehead atoms. The Hall–Kier alpha value is -2.81. The molecule has 0 radical (unpaired) electrons. The van der Waals surface area contributed by atoms with Gasteiger partial charge in [-0.05, 0) is 32.0 Å². The summed E-state index contributed by atoms with van der Waals surface area (Å²) in [4.78, 5) is 16.5. The van der Waals surface area contributed by atoms with E-state index in [9.17, 15) is 5.11 Å². The van der Waals surface area contributed by atoms with Crippen molar-refractivity contribution in [3.63, 3.8) is 0 Å². The maximum atomic E-state index is 10.7. The zero-order valence-electron chi connectivity index (χ0n) is 17.3. The van der Waals surface area contributed by atoms with E-state index in [-0.39, 0.29) is 0 Å². The van der Waals surface area contributed by atoms with Gasteiger partial charge in [0.1, 0.15) is 5.65 Å². The molecule has 1 saturated heterocycles. The minimum absolute atomic E-state index is 0.589. The van der Waals surface area contributed by atoms with E-state index in [2.05, 4.69) is 15.2 Å². The van der Waals surface area contributed by atoms with Crippen molar-refractivity contribution in [3.8, 4) is 0 Å². The Kier molecular flexibility index (Phi) is 4.77. The number of anilines is 1. The summed E-state index contributed by atoms with van der Waals surface area (Å²) in [5, 5.41) is 15.0. The molecule has 1 aromatic carbocycles. The SMILES string of the molecule is CC(C)(O)c1cc2cnc(NCCN3CCOCC3)nc2n2c1nc1ccccc12. The first-order valence-electron chi connectivity index (χ1n) is 10.3. The van der Waals surface area contributed by atoms with Crippen LogP contribution in [0.25, 0.3) is 27.7 Å². The molecule has 1 aliphatic rings. The van der Waals surface area contributed by atoms with Gasteiger partial charge < -0.3 is 15.2 Å². The quantitative estimate of drug-likeness (QED) is 0.526. The van der Waals surface area contributed by atoms with Gasteiger partial charge in [0.25, 0.3) is 0 Å². The topological polar surface area (TPSA) is 87.8 Å². The third kappa shape index (κ3) is 3.47. The fraction of sp³-hybridized carbons (Fsp3) is 0.409. The normalized spacial score (nSPS) is 16.0. The highest BCUT2D eigenvalue weighted by Crippen LogP contribution is 2.31. The Morgan fingerprint density at radius 3 is 2.73 bits per heavy atom. The highest BCUT2D eigenvalue weighted by molar-refractivity contribution is 5.90. The van der Waals surface area contributed by atoms with E-state index >= 15 is 0 Å². The van der Waals surface area contributed by atoms with E-state index < -0.39 is 5.60 Å². The summed E-state index contributed by atoms with van der Waals surface area (Å²) in [6.07, 6.45) is 1.81. The van der Waals surface area contributed by atoms with Crippen molar-refractivity contribution in [2.45, 2.75) is 19.4 Å². The summed E-state index contributed by atoms with van der Waals surface area (Å²) in [7, 11) is 0. The van der Waals surface area contributed by atoms with Crippen molar-refractivity contribution in [2.24, 2.45) is 0 Å². The molecule has 4 aromatic rings. The van der Waals surface area contributed by atoms with E-state index in [1.165, 1.54) is 0 Å². The lowest BCUT2D eigenvalue weighted by Crippen LogP contribution is -2.39. The standard InChI is InChI=1S/C22H26N6O2/c1-22(2,29)16-13-15-14-24-21(23-7-8-27-9-11-30-12-10-27)26-19(15)28-18-6-4-3-5-17(18)25-20(16)28/h3-6,13-14,29H,7-12H2,1-2H3,(H,23,24,26). The number of aliphatic hydroxyl groups is 1. The summed E-state index contributed by atoms with van der Waals surface area (Å²) in [6.45, 7) is 8.74. The summed E-state index contributed by atoms with van der Waals surface area (Å²) < 4.78 is 7.42. The second-order valence-corrected chi connectivity index (χ2v) is 8.23. The van der Waals surface area contributed by atoms with Crippen LogP contribution in [0, 0.1) is 0 Å². The second kappa shape index (κ2) is 7.46. The van der Waals surface area contributed by atoms with Gasteiger partial charge in [-0.15, -0.1) is 0 Å². The van der Waals surface area contributed by atoms with Crippen LogP contribution >= 0.6 is 0 Å². The largest absolute Gasteiger partial charge is 0.386 e. The molecular formula is C22H26N6O2. The fourth-order valence-electron chi connectivity index (χ4n) is 3.99. The first kappa shape index (κ1) is 19.2. The monoisotopic (exact) mass is 406 g/mol. The Balaban J connectivity index is 1.56. The molecule has 0 saturated carbocycles. The van der Waals surface area contributed by atoms with Gasteiger partial charge in [-0.25, -0.2) is 9.97 Å². The van der Waals surface area contributed by atoms with Crippen molar-refractivity contribution in [2.75, 3.05) is 44.7 Å². The fourth-order valence-corrected chi connectivity index (χ4v) is 3.99. The molecule has 0 unspecified atom stereocenters. The van der Waals surface area contributed by atoms with Crippen molar-refractivity contribution < 1.29 is 9.84 Å². The second-order valence-electron chi connectivity index (χ2n) is 8.23. The number of nitrogens with one attached hydrogen (secondary N) is 1. The number of ether oxygens (including phenoxy) is 1. The third-order valence-corrected chi connectivity index (χ3v) is 5.58. The molecule has 2 N–H and O–H groups in total. The van der Waals surface area contributed by atoms with E-state index in [1.54, 1.807) is 13.8 Å². The average Bonchev–Trinajstić information content (AvgIpc) is 3.13. The van der Waals surface area contributed by atoms with Gasteiger partial charge in [0.15, 0.2) is 5.65 Å². The van der Waals surface area contributed by atoms with Crippen LogP contribution in [0.15, 0.2) is 36.5 Å². The summed E-state index contributed by atoms with van der Waals surface area (Å²) >= 11 is 0. The van der Waals surface area contributed by atoms with Crippen molar-refractivity contribution >= 4 is 33.7 Å². The van der Waals surface area contributed by atoms with Gasteiger partial charge in [-0.2, -0.15) is 4.98 Å². The Morgan fingerprint density at radius 1 is 1.13 bits per heavy atom. The van der Waals surface area contributed by atoms with E-state index in [4.69, 9.17) is 14.7 Å². The molecule has 0 aliphatic carbocycles. The number of fused-ring (bicyclic) bond motifs is 5. The maximum Gasteiger partial charge on any atom is 0.224 e. The van der Waals surface area contributed by atoms with Crippen LogP contribution in [0.5, 0.6) is 0 Å². The van der Waals surface area contributed by atoms with Crippen LogP contribution in [0.4, 0.5) is 5.95 Å². The molecule has 30 heavy (non-hydrogen) atoms. The minimum Gasteiger partial charge on any atom is -0.386 e. The van der Waals surface area contributed by atoms with Gasteiger partial charge >= 0.3 is 0 Å². The van der Waals surface area contributed by atoms with Gasteiger partial charge in [0.05, 0.1) is 29.8 Å². The van der Waals surface area contributed by atoms with E-state index in [1.807, 2.05) is 40.9 Å². The minimum atomic E-state index is -1.04. The molecule has 0 amide bonds. The van der Waals surface area contributed by atoms with Crippen molar-refractivity contribution in [1.82, 2.24) is 24.3 Å². The highest BCUT2D eigenvalue weighted by atomic mass is 16.5. The molecule has 8 nitrogen and oxygen atoms in total. The zero-order chi connectivity index (χ0) is 20.7. The summed E-state index contributed by atoms with van der Waals surface area (Å²) in [5.41, 5.74) is 3.04. The number of hydrogen-bond acceptors (Lipinski definition) is 7. The van der Waals surface area contributed by atoms with Gasteiger partial charge in [-0.3, -0.25) is 9.30 Å². The Bertz CT molecular complexity index is 1210. The molecule has 1 fully saturated rings. The lowest BCUT2D eigenvalue weighted by atomic mass is 9.99. The molecule has 3 aromatic heterocycles. The number of rotatable bonds is 5. The first-order chi connectivity index (χ1) is 14.5. The molecular weight excluding hydrogens is 380 g/mol. The van der Waals surface area contributed by atoms with Crippen LogP contribution in [0.3, 0.4) is 0 Å². The number of pyridine rings is 1. The van der Waals surface area contributed by atoms with Crippen LogP contribution in [0.1, 0.15) is 19.4 Å². The Labute approximate surface area is 174 Å². The number of morpholine rings is 1. The van der Waals surface area contributed by atoms with Crippen LogP contribution in [0.2, 0.25) is 0 Å². The highest BCUT2D eigenvalue weighted by Gasteiger charge is 2.24. The van der Waals surface area contributed by atoms with Crippen LogP contribution in [-0.4, -0.2) is 68.8 Å². The first-order valence-corrected chi connectivity index (χ1v) is 10.3. The number of aromatic nitrogens is 4. The number of benzene rings is 1. The smallest absolute Gasteiger partial charge is 0.224 e. The van der Waals surface area contributed by atoms with Gasteiger partial charge in [0, 0.05) is 43.3 Å². The molecule has 1 aliphatic heterocycles. The zero-order valence-corrected chi connectivity index (χ0v) is 17.3. The molecule has 0 spiro atoms. The van der Waals surface area contributed by atoms with E-state index in [0.29, 0.717) is 11.6 Å². The molecule has 156 valence electrons. The number of hydrogen-bond donors (Lipinski definition) is 2. The summed E-state index contributed by atoms with van der Waals surface area (Å²) in [5.74, 6) is 0.589. The van der Waals surface area contributed by atoms with Crippen molar-refractivity contribution in [3.05, 3.63) is 42.1 Å². The molecule has 8 heteroatoms. The number of nitrogens with zero attached hydrogens (tertiary/aromatic N) is 5. The average molecular weight is 406 g/mol. The maximum absolute atomic E-state index is 10.7. The van der Waals surface area contributed by atoms with Crippen molar-refractivity contribution in [1.29, 1.82) is 0 Å². The molecule has 4 heterocycles. The lowest BCUT2D eigenvalue weighted by molar-refractivity contribution is 0.0398. The van der Waals surface area contributed by atoms with Gasteiger partial charge in [-0.1, -0.05) is 12.1 Å². The Morgan fingerprint density at radius 2 is 1.93 bits per heavy atom. The van der Waals surface area contributed by atoms with Gasteiger partial charge in [0.2, 0.25) is 5.95 Å². The molecule has 5 rings (SSSR count). The number of imidazole rings is 1. The predicted octanol–water partition coefficient (Wildman–Crippen LogP) is 2.40. The molecule has 0 atom stereocenters. The predicted molar refractivity (Wildman–Crippen MR) is 117 cm³/mol. The summed E-state index contributed by atoms with van der Waals surface area (Å²) in [6, 6.07) is 9.89. The lowest BCUT2D eigenvalue weighted by Gasteiger charge is -2.26. The van der Waals surface area contributed by atoms with Crippen LogP contribution in [-0.2, 0) is 10.3 Å². The van der Waals surface area contributed by atoms with E-state index in [0.717, 1.165) is 67.0 Å². The number of para-hydroxylation sites is 2. The van der Waals surface area contributed by atoms with Crippen LogP contribution < -0.4 is 5.32 Å². The third-order valence-electron chi connectivity index (χ3n) is 5.58.